The number of rotatable bonds is 8. The monoisotopic (exact) mass is 254 g/mol. The first kappa shape index (κ1) is 15.1. The van der Waals surface area contributed by atoms with Crippen LogP contribution >= 0.6 is 0 Å². The van der Waals surface area contributed by atoms with Crippen LogP contribution in [0.1, 0.15) is 19.4 Å². The minimum Gasteiger partial charge on any atom is -0.383 e. The molecule has 1 aromatic rings. The predicted octanol–water partition coefficient (Wildman–Crippen LogP) is 0.865. The molecule has 104 valence electrons. The molecule has 0 aliphatic heterocycles. The van der Waals surface area contributed by atoms with E-state index in [1.54, 1.807) is 7.11 Å². The molecule has 0 aliphatic carbocycles. The lowest BCUT2D eigenvalue weighted by Crippen LogP contribution is -2.44. The van der Waals surface area contributed by atoms with E-state index < -0.39 is 0 Å². The van der Waals surface area contributed by atoms with Crippen LogP contribution in [0.4, 0.5) is 0 Å². The van der Waals surface area contributed by atoms with E-state index in [1.807, 2.05) is 17.9 Å². The Morgan fingerprint density at radius 3 is 2.72 bits per heavy atom. The van der Waals surface area contributed by atoms with Gasteiger partial charge in [0.05, 0.1) is 12.8 Å². The summed E-state index contributed by atoms with van der Waals surface area (Å²) in [7, 11) is 5.81. The van der Waals surface area contributed by atoms with Gasteiger partial charge in [0.1, 0.15) is 0 Å². The Bertz CT molecular complexity index is 337. The zero-order chi connectivity index (χ0) is 13.5. The second kappa shape index (κ2) is 7.51. The molecule has 5 heteroatoms. The molecule has 18 heavy (non-hydrogen) atoms. The number of aryl methyl sites for hydroxylation is 1. The number of methoxy groups -OCH3 is 1. The molecule has 0 aromatic carbocycles. The van der Waals surface area contributed by atoms with Crippen LogP contribution in [0.3, 0.4) is 0 Å². The van der Waals surface area contributed by atoms with Crippen molar-refractivity contribution in [3.8, 4) is 0 Å². The van der Waals surface area contributed by atoms with E-state index in [1.165, 1.54) is 5.56 Å². The molecule has 1 N–H and O–H groups in total. The molecule has 1 rings (SSSR count). The maximum Gasteiger partial charge on any atom is 0.0630 e. The number of aromatic nitrogens is 2. The van der Waals surface area contributed by atoms with Crippen LogP contribution in [-0.2, 0) is 18.3 Å². The molecule has 0 saturated carbocycles. The molecule has 1 heterocycles. The van der Waals surface area contributed by atoms with Gasteiger partial charge in [0.15, 0.2) is 0 Å². The predicted molar refractivity (Wildman–Crippen MR) is 73.5 cm³/mol. The van der Waals surface area contributed by atoms with Crippen LogP contribution in [0.2, 0.25) is 0 Å². The summed E-state index contributed by atoms with van der Waals surface area (Å²) >= 11 is 0. The van der Waals surface area contributed by atoms with Gasteiger partial charge in [0, 0.05) is 51.1 Å². The summed E-state index contributed by atoms with van der Waals surface area (Å²) in [6, 6.07) is 0.869. The fraction of sp³-hybridized carbons (Fsp3) is 0.769. The van der Waals surface area contributed by atoms with Crippen molar-refractivity contribution in [1.82, 2.24) is 20.0 Å². The zero-order valence-electron chi connectivity index (χ0n) is 12.2. The lowest BCUT2D eigenvalue weighted by Gasteiger charge is -2.28. The van der Waals surface area contributed by atoms with Crippen LogP contribution < -0.4 is 5.32 Å². The van der Waals surface area contributed by atoms with E-state index in [0.717, 1.165) is 19.7 Å². The molecule has 0 fully saturated rings. The lowest BCUT2D eigenvalue weighted by molar-refractivity contribution is 0.100. The van der Waals surface area contributed by atoms with Gasteiger partial charge in [-0.25, -0.2) is 0 Å². The molecule has 1 atom stereocenters. The number of ether oxygens (including phenoxy) is 1. The first-order valence-corrected chi connectivity index (χ1v) is 6.43. The van der Waals surface area contributed by atoms with Crippen molar-refractivity contribution < 1.29 is 4.74 Å². The van der Waals surface area contributed by atoms with Gasteiger partial charge >= 0.3 is 0 Å². The topological polar surface area (TPSA) is 42.3 Å². The van der Waals surface area contributed by atoms with Gasteiger partial charge in [-0.1, -0.05) is 13.8 Å². The molecule has 0 aliphatic rings. The van der Waals surface area contributed by atoms with Gasteiger partial charge in [0.2, 0.25) is 0 Å². The number of hydrogen-bond acceptors (Lipinski definition) is 4. The third kappa shape index (κ3) is 5.16. The standard InChI is InChI=1S/C13H26N4O/c1-11(2)14-7-13(10-18-5)16(3)8-12-6-15-17(4)9-12/h6,9,11,13-14H,7-8,10H2,1-5H3. The van der Waals surface area contributed by atoms with Crippen LogP contribution in [0.5, 0.6) is 0 Å². The van der Waals surface area contributed by atoms with Crippen LogP contribution in [0.25, 0.3) is 0 Å². The molecule has 0 radical (unpaired) electrons. The summed E-state index contributed by atoms with van der Waals surface area (Å²) in [4.78, 5) is 2.30. The van der Waals surface area contributed by atoms with E-state index in [0.29, 0.717) is 12.1 Å². The molecular weight excluding hydrogens is 228 g/mol. The molecule has 0 saturated heterocycles. The highest BCUT2D eigenvalue weighted by Crippen LogP contribution is 2.05. The Morgan fingerprint density at radius 1 is 1.50 bits per heavy atom. The largest absolute Gasteiger partial charge is 0.383 e. The Balaban J connectivity index is 2.50. The van der Waals surface area contributed by atoms with E-state index in [9.17, 15) is 0 Å². The quantitative estimate of drug-likeness (QED) is 0.747. The van der Waals surface area contributed by atoms with Gasteiger partial charge in [-0.3, -0.25) is 9.58 Å². The van der Waals surface area contributed by atoms with Gasteiger partial charge in [0.25, 0.3) is 0 Å². The fourth-order valence-corrected chi connectivity index (χ4v) is 1.88. The SMILES string of the molecule is COCC(CNC(C)C)N(C)Cc1cnn(C)c1. The maximum absolute atomic E-state index is 5.30. The van der Waals surface area contributed by atoms with Crippen molar-refractivity contribution in [3.05, 3.63) is 18.0 Å². The summed E-state index contributed by atoms with van der Waals surface area (Å²) in [6.07, 6.45) is 3.96. The van der Waals surface area contributed by atoms with Gasteiger partial charge in [-0.15, -0.1) is 0 Å². The second-order valence-electron chi connectivity index (χ2n) is 5.11. The van der Waals surface area contributed by atoms with E-state index in [4.69, 9.17) is 4.74 Å². The van der Waals surface area contributed by atoms with Crippen molar-refractivity contribution in [1.29, 1.82) is 0 Å². The molecule has 1 aromatic heterocycles. The third-order valence-corrected chi connectivity index (χ3v) is 2.93. The third-order valence-electron chi connectivity index (χ3n) is 2.93. The summed E-state index contributed by atoms with van der Waals surface area (Å²) in [5.74, 6) is 0. The van der Waals surface area contributed by atoms with Crippen molar-refractivity contribution >= 4 is 0 Å². The van der Waals surface area contributed by atoms with Crippen molar-refractivity contribution in [2.45, 2.75) is 32.5 Å². The highest BCUT2D eigenvalue weighted by Gasteiger charge is 2.15. The number of hydrogen-bond donors (Lipinski definition) is 1. The highest BCUT2D eigenvalue weighted by atomic mass is 16.5. The Labute approximate surface area is 110 Å². The van der Waals surface area contributed by atoms with Gasteiger partial charge < -0.3 is 10.1 Å². The number of nitrogens with zero attached hydrogens (tertiary/aromatic N) is 3. The Hall–Kier alpha value is -0.910. The fourth-order valence-electron chi connectivity index (χ4n) is 1.88. The molecular formula is C13H26N4O. The van der Waals surface area contributed by atoms with E-state index in [-0.39, 0.29) is 0 Å². The zero-order valence-corrected chi connectivity index (χ0v) is 12.2. The molecule has 0 spiro atoms. The van der Waals surface area contributed by atoms with Crippen molar-refractivity contribution in [2.24, 2.45) is 7.05 Å². The average Bonchev–Trinajstić information content (AvgIpc) is 2.69. The van der Waals surface area contributed by atoms with Crippen molar-refractivity contribution in [3.63, 3.8) is 0 Å². The Kier molecular flexibility index (Phi) is 6.32. The highest BCUT2D eigenvalue weighted by molar-refractivity contribution is 5.03. The molecule has 0 bridgehead atoms. The lowest BCUT2D eigenvalue weighted by atomic mass is 10.2. The normalized spacial score (nSPS) is 13.5. The molecule has 1 unspecified atom stereocenters. The first-order valence-electron chi connectivity index (χ1n) is 6.43. The van der Waals surface area contributed by atoms with E-state index >= 15 is 0 Å². The minimum absolute atomic E-state index is 0.373. The minimum atomic E-state index is 0.373. The molecule has 0 amide bonds. The summed E-state index contributed by atoms with van der Waals surface area (Å²) < 4.78 is 7.13. The van der Waals surface area contributed by atoms with Crippen molar-refractivity contribution in [2.75, 3.05) is 27.3 Å². The smallest absolute Gasteiger partial charge is 0.0630 e. The van der Waals surface area contributed by atoms with Crippen LogP contribution in [0, 0.1) is 0 Å². The van der Waals surface area contributed by atoms with Gasteiger partial charge in [-0.2, -0.15) is 5.10 Å². The molecule has 5 nitrogen and oxygen atoms in total. The van der Waals surface area contributed by atoms with E-state index in [2.05, 4.69) is 42.4 Å². The second-order valence-corrected chi connectivity index (χ2v) is 5.11. The summed E-state index contributed by atoms with van der Waals surface area (Å²) in [6.45, 7) is 6.87. The van der Waals surface area contributed by atoms with Crippen LogP contribution in [0.15, 0.2) is 12.4 Å². The maximum atomic E-state index is 5.30. The number of nitrogens with one attached hydrogen (secondary N) is 1. The summed E-state index contributed by atoms with van der Waals surface area (Å²) in [5, 5.41) is 7.65. The summed E-state index contributed by atoms with van der Waals surface area (Å²) in [5.41, 5.74) is 1.23. The number of likely N-dealkylation sites (N-methyl/N-ethyl adjacent to an activating group) is 1. The Morgan fingerprint density at radius 2 is 2.22 bits per heavy atom. The van der Waals surface area contributed by atoms with Crippen LogP contribution in [-0.4, -0.2) is 54.1 Å². The first-order chi connectivity index (χ1) is 8.52. The average molecular weight is 254 g/mol. The van der Waals surface area contributed by atoms with Gasteiger partial charge in [-0.05, 0) is 7.05 Å².